The maximum Gasteiger partial charge on any atom is 0.410 e. The molecule has 228 valence electrons. The number of amides is 3. The number of halogens is 3. The van der Waals surface area contributed by atoms with E-state index >= 15 is 0 Å². The van der Waals surface area contributed by atoms with Gasteiger partial charge in [0.15, 0.2) is 5.78 Å². The van der Waals surface area contributed by atoms with E-state index < -0.39 is 66.1 Å². The van der Waals surface area contributed by atoms with E-state index in [9.17, 15) is 33.2 Å². The molecule has 3 amide bonds. The number of hydrogen-bond acceptors (Lipinski definition) is 7. The van der Waals surface area contributed by atoms with Crippen molar-refractivity contribution in [2.45, 2.75) is 45.4 Å². The predicted molar refractivity (Wildman–Crippen MR) is 157 cm³/mol. The lowest BCUT2D eigenvalue weighted by Gasteiger charge is -2.42. The second kappa shape index (κ2) is 12.8. The zero-order valence-corrected chi connectivity index (χ0v) is 25.0. The number of nitrogens with zero attached hydrogens (tertiary/aromatic N) is 5. The molecule has 2 aromatic carbocycles. The number of hydrogen-bond donors (Lipinski definition) is 0. The molecule has 1 saturated heterocycles. The van der Waals surface area contributed by atoms with Crippen LogP contribution in [0.2, 0.25) is 5.02 Å². The summed E-state index contributed by atoms with van der Waals surface area (Å²) in [7, 11) is 0. The van der Waals surface area contributed by atoms with Crippen molar-refractivity contribution in [3.8, 4) is 6.07 Å². The summed E-state index contributed by atoms with van der Waals surface area (Å²) >= 11 is 6.44. The minimum absolute atomic E-state index is 0.0845. The highest BCUT2D eigenvalue weighted by Gasteiger charge is 2.46. The number of benzene rings is 2. The molecule has 1 aliphatic heterocycles. The van der Waals surface area contributed by atoms with Crippen molar-refractivity contribution in [2.24, 2.45) is 0 Å². The van der Waals surface area contributed by atoms with E-state index in [0.717, 1.165) is 26.8 Å². The number of ketones is 1. The number of ether oxygens (including phenoxy) is 1. The van der Waals surface area contributed by atoms with Crippen LogP contribution < -0.4 is 9.80 Å². The zero-order chi connectivity index (χ0) is 32.3. The van der Waals surface area contributed by atoms with Crippen molar-refractivity contribution in [2.75, 3.05) is 22.9 Å². The van der Waals surface area contributed by atoms with Crippen LogP contribution in [0.4, 0.5) is 25.1 Å². The summed E-state index contributed by atoms with van der Waals surface area (Å²) < 4.78 is 34.6. The number of piperazine rings is 1. The predicted octanol–water partition coefficient (Wildman–Crippen LogP) is 5.20. The van der Waals surface area contributed by atoms with Crippen molar-refractivity contribution in [3.63, 3.8) is 0 Å². The molecule has 0 saturated carbocycles. The fourth-order valence-corrected chi connectivity index (χ4v) is 5.05. The number of carbonyl (C=O) groups is 4. The summed E-state index contributed by atoms with van der Waals surface area (Å²) in [5.41, 5.74) is -0.991. The largest absolute Gasteiger partial charge is 0.444 e. The lowest BCUT2D eigenvalue weighted by atomic mass is 9.98. The molecule has 10 nitrogen and oxygen atoms in total. The van der Waals surface area contributed by atoms with Gasteiger partial charge in [-0.25, -0.2) is 18.6 Å². The molecule has 0 unspecified atom stereocenters. The smallest absolute Gasteiger partial charge is 0.410 e. The van der Waals surface area contributed by atoms with Crippen LogP contribution in [0.1, 0.15) is 44.9 Å². The highest BCUT2D eigenvalue weighted by molar-refractivity contribution is 6.31. The van der Waals surface area contributed by atoms with E-state index in [4.69, 9.17) is 16.3 Å². The van der Waals surface area contributed by atoms with E-state index in [2.05, 4.69) is 4.98 Å². The molecule has 1 aliphatic rings. The van der Waals surface area contributed by atoms with Crippen molar-refractivity contribution < 1.29 is 32.7 Å². The summed E-state index contributed by atoms with van der Waals surface area (Å²) in [5.74, 6) is -4.51. The number of pyridine rings is 1. The van der Waals surface area contributed by atoms with Gasteiger partial charge in [-0.15, -0.1) is 0 Å². The van der Waals surface area contributed by atoms with Gasteiger partial charge in [-0.1, -0.05) is 29.8 Å². The molecule has 1 aromatic heterocycles. The van der Waals surface area contributed by atoms with Gasteiger partial charge in [-0.3, -0.25) is 29.1 Å². The summed E-state index contributed by atoms with van der Waals surface area (Å²) in [6.07, 6.45) is 0.379. The second-order valence-electron chi connectivity index (χ2n) is 11.0. The first kappa shape index (κ1) is 32.0. The van der Waals surface area contributed by atoms with E-state index in [1.807, 2.05) is 6.07 Å². The Morgan fingerprint density at radius 2 is 1.77 bits per heavy atom. The number of nitriles is 1. The molecular formula is C31H28ClF2N5O5. The molecule has 4 rings (SSSR count). The van der Waals surface area contributed by atoms with Gasteiger partial charge in [0.1, 0.15) is 41.7 Å². The third kappa shape index (κ3) is 7.01. The van der Waals surface area contributed by atoms with Crippen LogP contribution in [0.5, 0.6) is 0 Å². The normalized spacial score (nSPS) is 15.8. The molecule has 3 aromatic rings. The third-order valence-electron chi connectivity index (χ3n) is 6.56. The van der Waals surface area contributed by atoms with Gasteiger partial charge in [-0.2, -0.15) is 5.26 Å². The Bertz CT molecular complexity index is 1650. The minimum Gasteiger partial charge on any atom is -0.444 e. The maximum absolute atomic E-state index is 14.7. The van der Waals surface area contributed by atoms with Crippen LogP contribution >= 0.6 is 11.6 Å². The Morgan fingerprint density at radius 3 is 2.36 bits per heavy atom. The van der Waals surface area contributed by atoms with Gasteiger partial charge in [0.05, 0.1) is 23.9 Å². The molecule has 0 spiro atoms. The Kier molecular flexibility index (Phi) is 9.30. The number of carbonyl (C=O) groups excluding carboxylic acids is 4. The average molecular weight is 624 g/mol. The molecule has 2 atom stereocenters. The average Bonchev–Trinajstić information content (AvgIpc) is 2.94. The topological polar surface area (TPSA) is 124 Å². The quantitative estimate of drug-likeness (QED) is 0.370. The lowest BCUT2D eigenvalue weighted by molar-refractivity contribution is -0.130. The first-order chi connectivity index (χ1) is 20.7. The van der Waals surface area contributed by atoms with E-state index in [0.29, 0.717) is 6.07 Å². The first-order valence-electron chi connectivity index (χ1n) is 13.4. The first-order valence-corrected chi connectivity index (χ1v) is 13.8. The Balaban J connectivity index is 1.93. The van der Waals surface area contributed by atoms with Gasteiger partial charge < -0.3 is 4.74 Å². The lowest BCUT2D eigenvalue weighted by Crippen LogP contribution is -2.64. The van der Waals surface area contributed by atoms with Gasteiger partial charge in [0, 0.05) is 22.8 Å². The summed E-state index contributed by atoms with van der Waals surface area (Å²) in [4.78, 5) is 61.7. The number of rotatable bonds is 6. The van der Waals surface area contributed by atoms with E-state index in [1.54, 1.807) is 32.9 Å². The number of anilines is 2. The van der Waals surface area contributed by atoms with Crippen molar-refractivity contribution in [1.82, 2.24) is 9.88 Å². The molecule has 0 N–H and O–H groups in total. The van der Waals surface area contributed by atoms with Crippen molar-refractivity contribution in [1.29, 1.82) is 5.26 Å². The van der Waals surface area contributed by atoms with Crippen LogP contribution in [0.3, 0.4) is 0 Å². The standard InChI is InChI=1S/C31H28ClF2N5O5/c1-18(40)28(23-7-5-6-8-24(23)32)38(22-13-20(33)12-21(34)14-22)29(42)25-16-37(30(43)44-31(2,3)4)17-27(41)39(25)26-11-19(15-35)9-10-36-26/h5-14,25,28H,16-17H2,1-4H3/t25-,28+/m0/s1. The van der Waals surface area contributed by atoms with Gasteiger partial charge in [0.2, 0.25) is 5.91 Å². The monoisotopic (exact) mass is 623 g/mol. The molecule has 44 heavy (non-hydrogen) atoms. The summed E-state index contributed by atoms with van der Waals surface area (Å²) in [6.45, 7) is 5.11. The SMILES string of the molecule is CC(=O)[C@H](c1ccccc1Cl)N(C(=O)[C@@H]1CN(C(=O)OC(C)(C)C)CC(=O)N1c1cc(C#N)ccn1)c1cc(F)cc(F)c1. The Labute approximate surface area is 257 Å². The summed E-state index contributed by atoms with van der Waals surface area (Å²) in [6, 6.07) is 10.0. The van der Waals surface area contributed by atoms with Crippen LogP contribution in [-0.2, 0) is 19.1 Å². The number of aromatic nitrogens is 1. The van der Waals surface area contributed by atoms with Crippen LogP contribution in [0, 0.1) is 23.0 Å². The minimum atomic E-state index is -1.58. The van der Waals surface area contributed by atoms with Crippen LogP contribution in [0.15, 0.2) is 60.8 Å². The molecule has 0 aliphatic carbocycles. The fraction of sp³-hybridized carbons (Fsp3) is 0.290. The van der Waals surface area contributed by atoms with Crippen molar-refractivity contribution >= 4 is 46.8 Å². The molecule has 0 radical (unpaired) electrons. The molecular weight excluding hydrogens is 596 g/mol. The van der Waals surface area contributed by atoms with Gasteiger partial charge in [0.25, 0.3) is 5.91 Å². The summed E-state index contributed by atoms with van der Waals surface area (Å²) in [5, 5.41) is 9.55. The molecule has 2 heterocycles. The highest BCUT2D eigenvalue weighted by Crippen LogP contribution is 2.35. The van der Waals surface area contributed by atoms with Gasteiger partial charge in [-0.05, 0) is 58.0 Å². The molecule has 13 heteroatoms. The Morgan fingerprint density at radius 1 is 1.11 bits per heavy atom. The van der Waals surface area contributed by atoms with Crippen molar-refractivity contribution in [3.05, 3.63) is 88.6 Å². The molecule has 0 bridgehead atoms. The highest BCUT2D eigenvalue weighted by atomic mass is 35.5. The van der Waals surface area contributed by atoms with E-state index in [-0.39, 0.29) is 27.7 Å². The van der Waals surface area contributed by atoms with Crippen LogP contribution in [-0.4, -0.2) is 58.3 Å². The number of Topliss-reactive ketones (excluding diaryl/α,β-unsaturated/α-hetero) is 1. The zero-order valence-electron chi connectivity index (χ0n) is 24.3. The second-order valence-corrected chi connectivity index (χ2v) is 11.4. The maximum atomic E-state index is 14.7. The fourth-order valence-electron chi connectivity index (χ4n) is 4.81. The van der Waals surface area contributed by atoms with Gasteiger partial charge >= 0.3 is 6.09 Å². The Hall–Kier alpha value is -4.89. The third-order valence-corrected chi connectivity index (χ3v) is 6.91. The molecule has 1 fully saturated rings. The van der Waals surface area contributed by atoms with Crippen LogP contribution in [0.25, 0.3) is 0 Å². The van der Waals surface area contributed by atoms with E-state index in [1.165, 1.54) is 37.4 Å².